The van der Waals surface area contributed by atoms with E-state index in [0.29, 0.717) is 6.54 Å². The molecule has 1 aromatic heterocycles. The highest BCUT2D eigenvalue weighted by atomic mass is 32.2. The van der Waals surface area contributed by atoms with Gasteiger partial charge in [-0.3, -0.25) is 14.2 Å². The Morgan fingerprint density at radius 2 is 1.77 bits per heavy atom. The van der Waals surface area contributed by atoms with Crippen molar-refractivity contribution in [2.45, 2.75) is 31.7 Å². The number of nitrogens with zero attached hydrogens (tertiary/aromatic N) is 3. The molecule has 0 bridgehead atoms. The first-order valence-electron chi connectivity index (χ1n) is 9.25. The summed E-state index contributed by atoms with van der Waals surface area (Å²) in [4.78, 5) is 6.54. The van der Waals surface area contributed by atoms with E-state index < -0.39 is 10.0 Å². The highest BCUT2D eigenvalue weighted by Crippen LogP contribution is 2.48. The van der Waals surface area contributed by atoms with Gasteiger partial charge in [0.15, 0.2) is 0 Å². The average Bonchev–Trinajstić information content (AvgIpc) is 3.00. The summed E-state index contributed by atoms with van der Waals surface area (Å²) in [6.07, 6.45) is 5.65. The van der Waals surface area contributed by atoms with E-state index >= 15 is 0 Å². The number of para-hydroxylation sites is 1. The molecule has 2 aliphatic rings. The van der Waals surface area contributed by atoms with Crippen LogP contribution in [0.4, 0.5) is 5.69 Å². The quantitative estimate of drug-likeness (QED) is 0.829. The fourth-order valence-electron chi connectivity index (χ4n) is 4.30. The van der Waals surface area contributed by atoms with Gasteiger partial charge < -0.3 is 0 Å². The number of hydrogen-bond donors (Lipinski definition) is 0. The minimum atomic E-state index is -3.24. The van der Waals surface area contributed by atoms with E-state index in [1.807, 2.05) is 30.6 Å². The van der Waals surface area contributed by atoms with Crippen LogP contribution in [0.5, 0.6) is 0 Å². The van der Waals surface area contributed by atoms with Gasteiger partial charge in [-0.1, -0.05) is 18.2 Å². The minimum absolute atomic E-state index is 0.0480. The number of pyridine rings is 1. The zero-order valence-corrected chi connectivity index (χ0v) is 16.0. The lowest BCUT2D eigenvalue weighted by atomic mass is 9.74. The van der Waals surface area contributed by atoms with E-state index in [-0.39, 0.29) is 11.2 Å². The number of piperidine rings is 1. The molecule has 2 aromatic rings. The van der Waals surface area contributed by atoms with E-state index in [9.17, 15) is 8.42 Å². The Hall–Kier alpha value is -1.92. The molecule has 26 heavy (non-hydrogen) atoms. The van der Waals surface area contributed by atoms with Gasteiger partial charge in [-0.2, -0.15) is 0 Å². The van der Waals surface area contributed by atoms with Crippen molar-refractivity contribution < 1.29 is 8.42 Å². The van der Waals surface area contributed by atoms with Gasteiger partial charge in [0.2, 0.25) is 10.0 Å². The molecule has 138 valence electrons. The summed E-state index contributed by atoms with van der Waals surface area (Å²) in [5.41, 5.74) is 3.32. The SMILES string of the molecule is CCS(=O)(=O)N1CC2(CCN(Cc3ccncc3)CC2)c2ccccc21. The van der Waals surface area contributed by atoms with Crippen LogP contribution in [0, 0.1) is 0 Å². The third-order valence-corrected chi connectivity index (χ3v) is 7.59. The zero-order valence-electron chi connectivity index (χ0n) is 15.1. The maximum Gasteiger partial charge on any atom is 0.234 e. The van der Waals surface area contributed by atoms with Crippen molar-refractivity contribution in [3.05, 3.63) is 59.9 Å². The first-order chi connectivity index (χ1) is 12.5. The summed E-state index contributed by atoms with van der Waals surface area (Å²) in [6.45, 7) is 5.20. The number of hydrogen-bond acceptors (Lipinski definition) is 4. The normalized spacial score (nSPS) is 19.7. The molecular weight excluding hydrogens is 346 g/mol. The molecule has 0 aliphatic carbocycles. The molecule has 1 fully saturated rings. The zero-order chi connectivity index (χ0) is 18.2. The molecule has 5 nitrogen and oxygen atoms in total. The van der Waals surface area contributed by atoms with Gasteiger partial charge in [-0.05, 0) is 62.2 Å². The lowest BCUT2D eigenvalue weighted by Gasteiger charge is -2.40. The van der Waals surface area contributed by atoms with Crippen LogP contribution in [-0.2, 0) is 22.0 Å². The largest absolute Gasteiger partial charge is 0.299 e. The van der Waals surface area contributed by atoms with Crippen LogP contribution in [0.25, 0.3) is 0 Å². The Morgan fingerprint density at radius 3 is 2.46 bits per heavy atom. The summed E-state index contributed by atoms with van der Waals surface area (Å²) in [5.74, 6) is 0.144. The number of anilines is 1. The van der Waals surface area contributed by atoms with Gasteiger partial charge in [-0.15, -0.1) is 0 Å². The van der Waals surface area contributed by atoms with Crippen LogP contribution in [0.2, 0.25) is 0 Å². The standard InChI is InChI=1S/C20H25N3O2S/c1-2-26(24,25)23-16-20(18-5-3-4-6-19(18)23)9-13-22(14-10-20)15-17-7-11-21-12-8-17/h3-8,11-12H,2,9-10,13-16H2,1H3. The van der Waals surface area contributed by atoms with E-state index in [1.54, 1.807) is 11.2 Å². The number of sulfonamides is 1. The molecular formula is C20H25N3O2S. The monoisotopic (exact) mass is 371 g/mol. The maximum absolute atomic E-state index is 12.6. The number of likely N-dealkylation sites (tertiary alicyclic amines) is 1. The third kappa shape index (κ3) is 3.01. The van der Waals surface area contributed by atoms with E-state index in [1.165, 1.54) is 11.1 Å². The molecule has 0 saturated carbocycles. The molecule has 1 saturated heterocycles. The molecule has 2 aliphatic heterocycles. The Labute approximate surface area is 155 Å². The van der Waals surface area contributed by atoms with Gasteiger partial charge in [0, 0.05) is 30.9 Å². The Balaban J connectivity index is 1.55. The van der Waals surface area contributed by atoms with Crippen LogP contribution in [0.15, 0.2) is 48.8 Å². The molecule has 6 heteroatoms. The Morgan fingerprint density at radius 1 is 1.08 bits per heavy atom. The predicted molar refractivity (Wildman–Crippen MR) is 104 cm³/mol. The fourth-order valence-corrected chi connectivity index (χ4v) is 5.52. The number of rotatable bonds is 4. The maximum atomic E-state index is 12.6. The number of benzene rings is 1. The average molecular weight is 372 g/mol. The van der Waals surface area contributed by atoms with Crippen molar-refractivity contribution in [1.82, 2.24) is 9.88 Å². The summed E-state index contributed by atoms with van der Waals surface area (Å²) >= 11 is 0. The summed E-state index contributed by atoms with van der Waals surface area (Å²) in [7, 11) is -3.24. The number of fused-ring (bicyclic) bond motifs is 2. The smallest absolute Gasteiger partial charge is 0.234 e. The second-order valence-corrected chi connectivity index (χ2v) is 9.52. The molecule has 1 spiro atoms. The van der Waals surface area contributed by atoms with Crippen molar-refractivity contribution >= 4 is 15.7 Å². The van der Waals surface area contributed by atoms with E-state index in [2.05, 4.69) is 28.1 Å². The van der Waals surface area contributed by atoms with Crippen molar-refractivity contribution in [2.24, 2.45) is 0 Å². The summed E-state index contributed by atoms with van der Waals surface area (Å²) in [5, 5.41) is 0. The van der Waals surface area contributed by atoms with Crippen LogP contribution in [0.1, 0.15) is 30.9 Å². The van der Waals surface area contributed by atoms with Gasteiger partial charge >= 0.3 is 0 Å². The molecule has 0 atom stereocenters. The van der Waals surface area contributed by atoms with Crippen molar-refractivity contribution in [1.29, 1.82) is 0 Å². The van der Waals surface area contributed by atoms with Gasteiger partial charge in [0.25, 0.3) is 0 Å². The van der Waals surface area contributed by atoms with E-state index in [0.717, 1.165) is 38.2 Å². The molecule has 3 heterocycles. The topological polar surface area (TPSA) is 53.5 Å². The third-order valence-electron chi connectivity index (χ3n) is 5.86. The van der Waals surface area contributed by atoms with Crippen molar-refractivity contribution in [3.63, 3.8) is 0 Å². The second-order valence-electron chi connectivity index (χ2n) is 7.34. The molecule has 0 unspecified atom stereocenters. The van der Waals surface area contributed by atoms with Crippen LogP contribution in [0.3, 0.4) is 0 Å². The summed E-state index contributed by atoms with van der Waals surface area (Å²) < 4.78 is 26.9. The molecule has 0 radical (unpaired) electrons. The van der Waals surface area contributed by atoms with Gasteiger partial charge in [-0.25, -0.2) is 8.42 Å². The van der Waals surface area contributed by atoms with Crippen molar-refractivity contribution in [2.75, 3.05) is 29.7 Å². The number of aromatic nitrogens is 1. The lowest BCUT2D eigenvalue weighted by molar-refractivity contribution is 0.161. The van der Waals surface area contributed by atoms with Crippen LogP contribution >= 0.6 is 0 Å². The van der Waals surface area contributed by atoms with Gasteiger partial charge in [0.1, 0.15) is 0 Å². The Bertz CT molecular complexity index is 875. The molecule has 0 amide bonds. The minimum Gasteiger partial charge on any atom is -0.299 e. The van der Waals surface area contributed by atoms with E-state index in [4.69, 9.17) is 0 Å². The van der Waals surface area contributed by atoms with Gasteiger partial charge in [0.05, 0.1) is 11.4 Å². The molecule has 4 rings (SSSR count). The summed E-state index contributed by atoms with van der Waals surface area (Å²) in [6, 6.07) is 12.2. The molecule has 1 aromatic carbocycles. The fraction of sp³-hybridized carbons (Fsp3) is 0.450. The highest BCUT2D eigenvalue weighted by Gasteiger charge is 2.47. The highest BCUT2D eigenvalue weighted by molar-refractivity contribution is 7.92. The lowest BCUT2D eigenvalue weighted by Crippen LogP contribution is -2.46. The Kier molecular flexibility index (Phi) is 4.49. The predicted octanol–water partition coefficient (Wildman–Crippen LogP) is 2.79. The van der Waals surface area contributed by atoms with Crippen LogP contribution < -0.4 is 4.31 Å². The van der Waals surface area contributed by atoms with Crippen LogP contribution in [-0.4, -0.2) is 43.7 Å². The first kappa shape index (κ1) is 17.5. The second kappa shape index (κ2) is 6.67. The van der Waals surface area contributed by atoms with Crippen molar-refractivity contribution in [3.8, 4) is 0 Å². The first-order valence-corrected chi connectivity index (χ1v) is 10.9. The molecule has 0 N–H and O–H groups in total.